The molecule has 9 nitrogen and oxygen atoms in total. The van der Waals surface area contributed by atoms with Gasteiger partial charge in [0.25, 0.3) is 10.0 Å². The molecule has 0 aliphatic heterocycles. The highest BCUT2D eigenvalue weighted by molar-refractivity contribution is 7.92. The predicted molar refractivity (Wildman–Crippen MR) is 86.8 cm³/mol. The average molecular weight is 425 g/mol. The molecule has 0 radical (unpaired) electrons. The van der Waals surface area contributed by atoms with E-state index in [4.69, 9.17) is 0 Å². The molecule has 148 valence electrons. The molecule has 2 aromatic rings. The van der Waals surface area contributed by atoms with Crippen LogP contribution in [-0.4, -0.2) is 44.3 Å². The summed E-state index contributed by atoms with van der Waals surface area (Å²) >= 11 is 0. The normalized spacial score (nSPS) is 15.7. The van der Waals surface area contributed by atoms with Gasteiger partial charge >= 0.3 is 6.18 Å². The van der Waals surface area contributed by atoms with Crippen LogP contribution >= 0.6 is 0 Å². The Bertz CT molecular complexity index is 1030. The summed E-state index contributed by atoms with van der Waals surface area (Å²) in [7, 11) is -8.50. The van der Waals surface area contributed by atoms with Crippen molar-refractivity contribution in [2.24, 2.45) is 0 Å². The molecule has 0 spiro atoms. The second-order valence-electron chi connectivity index (χ2n) is 5.81. The monoisotopic (exact) mass is 425 g/mol. The largest absolute Gasteiger partial charge is 0.402 e. The van der Waals surface area contributed by atoms with E-state index in [9.17, 15) is 30.0 Å². The summed E-state index contributed by atoms with van der Waals surface area (Å²) in [5.74, 6) is 0.0287. The van der Waals surface area contributed by atoms with E-state index in [2.05, 4.69) is 14.9 Å². The number of nitrogens with one attached hydrogen (secondary N) is 2. The number of alkyl halides is 3. The number of aromatic nitrogens is 3. The first kappa shape index (κ1) is 19.6. The first-order valence-electron chi connectivity index (χ1n) is 7.57. The van der Waals surface area contributed by atoms with Gasteiger partial charge in [-0.3, -0.25) is 4.57 Å². The maximum Gasteiger partial charge on any atom is 0.402 e. The van der Waals surface area contributed by atoms with Gasteiger partial charge in [0.2, 0.25) is 16.0 Å². The fourth-order valence-corrected chi connectivity index (χ4v) is 4.19. The van der Waals surface area contributed by atoms with Crippen molar-refractivity contribution in [2.45, 2.75) is 34.9 Å². The molecule has 1 aromatic carbocycles. The second kappa shape index (κ2) is 6.76. The number of halogens is 3. The molecule has 2 N–H and O–H groups in total. The zero-order valence-electron chi connectivity index (χ0n) is 13.5. The van der Waals surface area contributed by atoms with Gasteiger partial charge in [-0.25, -0.2) is 26.3 Å². The van der Waals surface area contributed by atoms with Crippen molar-refractivity contribution < 1.29 is 30.0 Å². The van der Waals surface area contributed by atoms with E-state index in [0.717, 1.165) is 37.1 Å². The fourth-order valence-electron chi connectivity index (χ4n) is 2.17. The van der Waals surface area contributed by atoms with Crippen LogP contribution < -0.4 is 9.44 Å². The Balaban J connectivity index is 1.76. The Morgan fingerprint density at radius 3 is 2.11 bits per heavy atom. The second-order valence-corrected chi connectivity index (χ2v) is 9.26. The van der Waals surface area contributed by atoms with Crippen LogP contribution in [0.4, 0.5) is 19.1 Å². The lowest BCUT2D eigenvalue weighted by Crippen LogP contribution is -2.33. The summed E-state index contributed by atoms with van der Waals surface area (Å²) in [6.07, 6.45) is -1.55. The van der Waals surface area contributed by atoms with E-state index in [0.29, 0.717) is 0 Å². The first-order valence-corrected chi connectivity index (χ1v) is 10.5. The molecule has 1 fully saturated rings. The Morgan fingerprint density at radius 2 is 1.59 bits per heavy atom. The number of anilines is 1. The van der Waals surface area contributed by atoms with Crippen molar-refractivity contribution in [3.05, 3.63) is 30.6 Å². The van der Waals surface area contributed by atoms with Crippen LogP contribution in [0.3, 0.4) is 0 Å². The topological polar surface area (TPSA) is 123 Å². The molecule has 14 heteroatoms. The Hall–Kier alpha value is -2.19. The minimum absolute atomic E-state index is 0.0287. The van der Waals surface area contributed by atoms with E-state index in [1.165, 1.54) is 11.0 Å². The lowest BCUT2D eigenvalue weighted by molar-refractivity contribution is -0.121. The van der Waals surface area contributed by atoms with Crippen LogP contribution in [-0.2, 0) is 20.0 Å². The molecule has 27 heavy (non-hydrogen) atoms. The third kappa shape index (κ3) is 4.75. The van der Waals surface area contributed by atoms with Gasteiger partial charge in [0.15, 0.2) is 0 Å². The molecule has 0 amide bonds. The van der Waals surface area contributed by atoms with E-state index in [1.54, 1.807) is 4.57 Å². The summed E-state index contributed by atoms with van der Waals surface area (Å²) in [5, 5.41) is 7.36. The lowest BCUT2D eigenvalue weighted by Gasteiger charge is -2.11. The Labute approximate surface area is 152 Å². The third-order valence-electron chi connectivity index (χ3n) is 3.65. The summed E-state index contributed by atoms with van der Waals surface area (Å²) in [5.41, 5.74) is 0. The first-order chi connectivity index (χ1) is 12.5. The number of hydrogen-bond donors (Lipinski definition) is 2. The third-order valence-corrected chi connectivity index (χ3v) is 6.41. The van der Waals surface area contributed by atoms with E-state index in [1.807, 2.05) is 0 Å². The van der Waals surface area contributed by atoms with Crippen LogP contribution in [0.1, 0.15) is 18.9 Å². The van der Waals surface area contributed by atoms with Crippen LogP contribution in [0.5, 0.6) is 0 Å². The molecule has 0 bridgehead atoms. The number of rotatable bonds is 7. The highest BCUT2D eigenvalue weighted by atomic mass is 32.2. The highest BCUT2D eigenvalue weighted by Gasteiger charge is 2.31. The van der Waals surface area contributed by atoms with Gasteiger partial charge in [-0.2, -0.15) is 13.2 Å². The van der Waals surface area contributed by atoms with Crippen LogP contribution in [0.2, 0.25) is 0 Å². The summed E-state index contributed by atoms with van der Waals surface area (Å²) in [6.45, 7) is -1.73. The van der Waals surface area contributed by atoms with Gasteiger partial charge in [-0.05, 0) is 37.1 Å². The van der Waals surface area contributed by atoms with Crippen molar-refractivity contribution in [1.82, 2.24) is 19.5 Å². The van der Waals surface area contributed by atoms with Crippen molar-refractivity contribution in [3.63, 3.8) is 0 Å². The van der Waals surface area contributed by atoms with Gasteiger partial charge in [0.1, 0.15) is 12.9 Å². The average Bonchev–Trinajstić information content (AvgIpc) is 3.32. The smallest absolute Gasteiger partial charge is 0.296 e. The molecule has 1 aromatic heterocycles. The van der Waals surface area contributed by atoms with Crippen molar-refractivity contribution >= 4 is 26.0 Å². The zero-order chi connectivity index (χ0) is 19.9. The molecule has 0 atom stereocenters. The quantitative estimate of drug-likeness (QED) is 0.688. The minimum atomic E-state index is -4.71. The predicted octanol–water partition coefficient (Wildman–Crippen LogP) is 1.25. The van der Waals surface area contributed by atoms with Crippen molar-refractivity contribution in [1.29, 1.82) is 0 Å². The fraction of sp³-hybridized carbons (Fsp3) is 0.385. The molecular formula is C13H14F3N5O4S2. The summed E-state index contributed by atoms with van der Waals surface area (Å²) in [4.78, 5) is -0.769. The van der Waals surface area contributed by atoms with Crippen molar-refractivity contribution in [3.8, 4) is 0 Å². The molecule has 1 saturated carbocycles. The summed E-state index contributed by atoms with van der Waals surface area (Å²) < 4.78 is 90.2. The van der Waals surface area contributed by atoms with E-state index < -0.39 is 37.7 Å². The van der Waals surface area contributed by atoms with Gasteiger partial charge in [0, 0.05) is 6.04 Å². The zero-order valence-corrected chi connectivity index (χ0v) is 15.1. The van der Waals surface area contributed by atoms with Gasteiger partial charge in [0.05, 0.1) is 9.79 Å². The minimum Gasteiger partial charge on any atom is -0.296 e. The van der Waals surface area contributed by atoms with Crippen LogP contribution in [0, 0.1) is 0 Å². The SMILES string of the molecule is O=S(=O)(NCC(F)(F)F)c1ccc(S(=O)(=O)Nc2nncn2C2CC2)cc1. The lowest BCUT2D eigenvalue weighted by atomic mass is 10.4. The molecule has 1 aliphatic carbocycles. The molecular weight excluding hydrogens is 411 g/mol. The Morgan fingerprint density at radius 1 is 1.04 bits per heavy atom. The number of nitrogens with zero attached hydrogens (tertiary/aromatic N) is 3. The van der Waals surface area contributed by atoms with Gasteiger partial charge in [-0.15, -0.1) is 10.2 Å². The maximum absolute atomic E-state index is 12.4. The number of sulfonamides is 2. The number of hydrogen-bond acceptors (Lipinski definition) is 6. The highest BCUT2D eigenvalue weighted by Crippen LogP contribution is 2.36. The number of benzene rings is 1. The van der Waals surface area contributed by atoms with Gasteiger partial charge in [-0.1, -0.05) is 0 Å². The molecule has 0 saturated heterocycles. The van der Waals surface area contributed by atoms with E-state index in [-0.39, 0.29) is 16.9 Å². The van der Waals surface area contributed by atoms with Crippen LogP contribution in [0.25, 0.3) is 0 Å². The molecule has 1 aliphatic rings. The van der Waals surface area contributed by atoms with Crippen molar-refractivity contribution in [2.75, 3.05) is 11.3 Å². The summed E-state index contributed by atoms with van der Waals surface area (Å²) in [6, 6.07) is 3.88. The molecule has 3 rings (SSSR count). The maximum atomic E-state index is 12.4. The van der Waals surface area contributed by atoms with Crippen LogP contribution in [0.15, 0.2) is 40.4 Å². The van der Waals surface area contributed by atoms with Gasteiger partial charge < -0.3 is 0 Å². The molecule has 1 heterocycles. The molecule has 0 unspecified atom stereocenters. The standard InChI is InChI=1S/C13H14F3N5O4S2/c14-13(15,16)7-18-26(22,23)10-3-5-11(6-4-10)27(24,25)20-12-19-17-8-21(12)9-1-2-9/h3-6,8-9,18H,1-2,7H2,(H,19,20). The Kier molecular flexibility index (Phi) is 4.90. The van der Waals surface area contributed by atoms with E-state index >= 15 is 0 Å².